The van der Waals surface area contributed by atoms with E-state index in [4.69, 9.17) is 4.74 Å². The molecule has 2 heterocycles. The zero-order valence-electron chi connectivity index (χ0n) is 15.6. The molecule has 2 fully saturated rings. The predicted molar refractivity (Wildman–Crippen MR) is 101 cm³/mol. The van der Waals surface area contributed by atoms with Crippen molar-refractivity contribution in [1.29, 1.82) is 0 Å². The lowest BCUT2D eigenvalue weighted by Gasteiger charge is -2.37. The van der Waals surface area contributed by atoms with E-state index in [9.17, 15) is 4.39 Å². The second-order valence-electron chi connectivity index (χ2n) is 7.34. The summed E-state index contributed by atoms with van der Waals surface area (Å²) >= 11 is 0. The minimum absolute atomic E-state index is 0.136. The summed E-state index contributed by atoms with van der Waals surface area (Å²) < 4.78 is 19.5. The average Bonchev–Trinajstić information content (AvgIpc) is 2.67. The van der Waals surface area contributed by atoms with Crippen molar-refractivity contribution in [3.05, 3.63) is 29.6 Å². The first-order valence-corrected chi connectivity index (χ1v) is 9.75. The van der Waals surface area contributed by atoms with Crippen molar-refractivity contribution in [2.45, 2.75) is 32.7 Å². The molecular formula is C20H32FN3O. The van der Waals surface area contributed by atoms with Gasteiger partial charge in [-0.25, -0.2) is 4.39 Å². The predicted octanol–water partition coefficient (Wildman–Crippen LogP) is 3.04. The van der Waals surface area contributed by atoms with Crippen molar-refractivity contribution in [2.75, 3.05) is 57.4 Å². The normalized spacial score (nSPS) is 23.6. The number of likely N-dealkylation sites (N-methyl/N-ethyl adjacent to an activating group) is 1. The van der Waals surface area contributed by atoms with Crippen LogP contribution in [0, 0.1) is 11.7 Å². The number of hydrogen-bond donors (Lipinski definition) is 1. The monoisotopic (exact) mass is 349 g/mol. The fourth-order valence-electron chi connectivity index (χ4n) is 3.89. The van der Waals surface area contributed by atoms with Gasteiger partial charge in [0.25, 0.3) is 0 Å². The van der Waals surface area contributed by atoms with Gasteiger partial charge < -0.3 is 19.9 Å². The molecule has 140 valence electrons. The third-order valence-electron chi connectivity index (χ3n) is 5.58. The topological polar surface area (TPSA) is 27.7 Å². The minimum atomic E-state index is -0.152. The van der Waals surface area contributed by atoms with Crippen LogP contribution < -0.4 is 10.2 Å². The zero-order chi connectivity index (χ0) is 17.6. The first-order chi connectivity index (χ1) is 12.2. The van der Waals surface area contributed by atoms with Crippen molar-refractivity contribution >= 4 is 5.69 Å². The summed E-state index contributed by atoms with van der Waals surface area (Å²) in [6.07, 6.45) is 2.36. The quantitative estimate of drug-likeness (QED) is 0.854. The number of halogens is 1. The lowest BCUT2D eigenvalue weighted by atomic mass is 10.00. The maximum Gasteiger partial charge on any atom is 0.123 e. The van der Waals surface area contributed by atoms with E-state index in [1.54, 1.807) is 12.1 Å². The van der Waals surface area contributed by atoms with Gasteiger partial charge in [-0.3, -0.25) is 0 Å². The maximum absolute atomic E-state index is 13.9. The summed E-state index contributed by atoms with van der Waals surface area (Å²) in [4.78, 5) is 4.87. The number of hydrogen-bond acceptors (Lipinski definition) is 4. The summed E-state index contributed by atoms with van der Waals surface area (Å²) in [6.45, 7) is 12.3. The fourth-order valence-corrected chi connectivity index (χ4v) is 3.89. The third kappa shape index (κ3) is 4.93. The number of benzene rings is 1. The van der Waals surface area contributed by atoms with Crippen LogP contribution in [0.3, 0.4) is 0 Å². The Morgan fingerprint density at radius 2 is 2.08 bits per heavy atom. The molecule has 4 nitrogen and oxygen atoms in total. The molecule has 0 unspecified atom stereocenters. The van der Waals surface area contributed by atoms with Crippen LogP contribution >= 0.6 is 0 Å². The Kier molecular flexibility index (Phi) is 6.68. The van der Waals surface area contributed by atoms with Crippen molar-refractivity contribution in [1.82, 2.24) is 10.2 Å². The van der Waals surface area contributed by atoms with Gasteiger partial charge in [0.2, 0.25) is 0 Å². The summed E-state index contributed by atoms with van der Waals surface area (Å²) in [5.74, 6) is 0.418. The highest BCUT2D eigenvalue weighted by atomic mass is 19.1. The van der Waals surface area contributed by atoms with E-state index < -0.39 is 0 Å². The summed E-state index contributed by atoms with van der Waals surface area (Å²) in [7, 11) is 0. The molecule has 0 aromatic heterocycles. The fraction of sp³-hybridized carbons (Fsp3) is 0.700. The number of ether oxygens (including phenoxy) is 1. The highest BCUT2D eigenvalue weighted by molar-refractivity contribution is 5.55. The molecule has 2 aliphatic heterocycles. The molecule has 1 aromatic carbocycles. The molecular weight excluding hydrogens is 317 g/mol. The van der Waals surface area contributed by atoms with Gasteiger partial charge in [0.1, 0.15) is 5.82 Å². The van der Waals surface area contributed by atoms with E-state index in [0.29, 0.717) is 5.92 Å². The van der Waals surface area contributed by atoms with Crippen LogP contribution in [0.1, 0.15) is 38.3 Å². The molecule has 1 N–H and O–H groups in total. The average molecular weight is 349 g/mol. The highest BCUT2D eigenvalue weighted by Gasteiger charge is 2.22. The molecule has 2 aliphatic rings. The van der Waals surface area contributed by atoms with E-state index in [1.165, 1.54) is 12.1 Å². The van der Waals surface area contributed by atoms with Crippen LogP contribution in [0.15, 0.2) is 18.2 Å². The SMILES string of the molecule is CCN1CCN(c2ccc(F)cc2[C@@H](C)NC[C@H]2CCCOC2)CC1. The lowest BCUT2D eigenvalue weighted by molar-refractivity contribution is 0.0540. The van der Waals surface area contributed by atoms with Crippen LogP contribution in [-0.2, 0) is 4.74 Å². The number of piperazine rings is 1. The van der Waals surface area contributed by atoms with Gasteiger partial charge in [0, 0.05) is 51.1 Å². The highest BCUT2D eigenvalue weighted by Crippen LogP contribution is 2.28. The minimum Gasteiger partial charge on any atom is -0.381 e. The Morgan fingerprint density at radius 1 is 1.28 bits per heavy atom. The first-order valence-electron chi connectivity index (χ1n) is 9.75. The molecule has 1 aromatic rings. The van der Waals surface area contributed by atoms with Crippen LogP contribution in [0.4, 0.5) is 10.1 Å². The molecule has 2 atom stereocenters. The van der Waals surface area contributed by atoms with E-state index >= 15 is 0 Å². The molecule has 2 saturated heterocycles. The molecule has 3 rings (SSSR count). The second-order valence-corrected chi connectivity index (χ2v) is 7.34. The van der Waals surface area contributed by atoms with E-state index in [2.05, 4.69) is 29.0 Å². The number of anilines is 1. The van der Waals surface area contributed by atoms with Crippen LogP contribution in [0.25, 0.3) is 0 Å². The molecule has 0 radical (unpaired) electrons. The number of rotatable bonds is 6. The molecule has 0 bridgehead atoms. The van der Waals surface area contributed by atoms with E-state index in [1.807, 2.05) is 6.07 Å². The number of nitrogens with one attached hydrogen (secondary N) is 1. The largest absolute Gasteiger partial charge is 0.381 e. The molecule has 0 amide bonds. The van der Waals surface area contributed by atoms with Crippen LogP contribution in [0.5, 0.6) is 0 Å². The summed E-state index contributed by atoms with van der Waals surface area (Å²) in [6, 6.07) is 5.38. The lowest BCUT2D eigenvalue weighted by Crippen LogP contribution is -2.46. The second kappa shape index (κ2) is 8.97. The van der Waals surface area contributed by atoms with Gasteiger partial charge in [-0.15, -0.1) is 0 Å². The molecule has 0 aliphatic carbocycles. The zero-order valence-corrected chi connectivity index (χ0v) is 15.6. The Labute approximate surface area is 151 Å². The van der Waals surface area contributed by atoms with E-state index in [0.717, 1.165) is 64.5 Å². The Balaban J connectivity index is 1.65. The van der Waals surface area contributed by atoms with Gasteiger partial charge >= 0.3 is 0 Å². The standard InChI is InChI=1S/C20H32FN3O/c1-3-23-8-10-24(11-9-23)20-7-6-18(21)13-19(20)16(2)22-14-17-5-4-12-25-15-17/h6-7,13,16-17,22H,3-5,8-12,14-15H2,1-2H3/t16-,17-/m1/s1. The van der Waals surface area contributed by atoms with Gasteiger partial charge in [0.15, 0.2) is 0 Å². The van der Waals surface area contributed by atoms with Crippen molar-refractivity contribution < 1.29 is 9.13 Å². The smallest absolute Gasteiger partial charge is 0.123 e. The Morgan fingerprint density at radius 3 is 2.76 bits per heavy atom. The molecule has 0 spiro atoms. The third-order valence-corrected chi connectivity index (χ3v) is 5.58. The first kappa shape index (κ1) is 18.6. The summed E-state index contributed by atoms with van der Waals surface area (Å²) in [5.41, 5.74) is 2.25. The Bertz CT molecular complexity index is 540. The van der Waals surface area contributed by atoms with Crippen molar-refractivity contribution in [3.63, 3.8) is 0 Å². The molecule has 5 heteroatoms. The van der Waals surface area contributed by atoms with E-state index in [-0.39, 0.29) is 11.9 Å². The van der Waals surface area contributed by atoms with Crippen LogP contribution in [-0.4, -0.2) is 57.4 Å². The van der Waals surface area contributed by atoms with Crippen LogP contribution in [0.2, 0.25) is 0 Å². The molecule has 25 heavy (non-hydrogen) atoms. The van der Waals surface area contributed by atoms with Gasteiger partial charge in [-0.05, 0) is 56.0 Å². The Hall–Kier alpha value is -1.17. The van der Waals surface area contributed by atoms with Crippen molar-refractivity contribution in [3.8, 4) is 0 Å². The van der Waals surface area contributed by atoms with Gasteiger partial charge in [0.05, 0.1) is 6.61 Å². The summed E-state index contributed by atoms with van der Waals surface area (Å²) in [5, 5.41) is 3.61. The van der Waals surface area contributed by atoms with Gasteiger partial charge in [-0.2, -0.15) is 0 Å². The maximum atomic E-state index is 13.9. The van der Waals surface area contributed by atoms with Crippen molar-refractivity contribution in [2.24, 2.45) is 5.92 Å². The van der Waals surface area contributed by atoms with Gasteiger partial charge in [-0.1, -0.05) is 6.92 Å². The molecule has 0 saturated carbocycles. The number of nitrogens with zero attached hydrogens (tertiary/aromatic N) is 2.